The third-order valence-corrected chi connectivity index (χ3v) is 6.64. The van der Waals surface area contributed by atoms with E-state index < -0.39 is 5.54 Å². The van der Waals surface area contributed by atoms with Crippen molar-refractivity contribution in [2.45, 2.75) is 83.7 Å². The van der Waals surface area contributed by atoms with Crippen molar-refractivity contribution < 1.29 is 4.79 Å². The molecule has 4 fully saturated rings. The molecule has 4 rings (SSSR count). The molecule has 1 amide bonds. The maximum absolute atomic E-state index is 12.5. The molecule has 4 aliphatic carbocycles. The van der Waals surface area contributed by atoms with Gasteiger partial charge in [0, 0.05) is 6.04 Å². The number of hydrogen-bond acceptors (Lipinski definition) is 2. The van der Waals surface area contributed by atoms with Crippen LogP contribution in [0.5, 0.6) is 0 Å². The Bertz CT molecular complexity index is 380. The lowest BCUT2D eigenvalue weighted by molar-refractivity contribution is -0.130. The van der Waals surface area contributed by atoms with Gasteiger partial charge in [-0.25, -0.2) is 0 Å². The lowest BCUT2D eigenvalue weighted by Crippen LogP contribution is -2.60. The Morgan fingerprint density at radius 3 is 2.14 bits per heavy atom. The molecule has 0 radical (unpaired) electrons. The smallest absolute Gasteiger partial charge is 0.240 e. The third-order valence-electron chi connectivity index (χ3n) is 6.64. The Morgan fingerprint density at radius 2 is 1.71 bits per heavy atom. The van der Waals surface area contributed by atoms with Gasteiger partial charge in [-0.3, -0.25) is 4.79 Å². The predicted octanol–water partition coefficient (Wildman–Crippen LogP) is 3.23. The number of hydrogen-bond donors (Lipinski definition) is 2. The lowest BCUT2D eigenvalue weighted by Gasteiger charge is -2.59. The van der Waals surface area contributed by atoms with E-state index >= 15 is 0 Å². The van der Waals surface area contributed by atoms with Crippen molar-refractivity contribution >= 4 is 5.91 Å². The molecule has 0 aromatic heterocycles. The van der Waals surface area contributed by atoms with Gasteiger partial charge in [-0.15, -0.1) is 0 Å². The van der Waals surface area contributed by atoms with Crippen LogP contribution in [-0.2, 0) is 4.79 Å². The van der Waals surface area contributed by atoms with Gasteiger partial charge in [0.05, 0.1) is 5.54 Å². The molecule has 4 bridgehead atoms. The first kappa shape index (κ1) is 15.3. The minimum atomic E-state index is -0.717. The molecule has 4 saturated carbocycles. The molecule has 120 valence electrons. The fourth-order valence-electron chi connectivity index (χ4n) is 5.86. The number of rotatable bonds is 5. The summed E-state index contributed by atoms with van der Waals surface area (Å²) < 4.78 is 0. The summed E-state index contributed by atoms with van der Waals surface area (Å²) >= 11 is 0. The highest BCUT2D eigenvalue weighted by molar-refractivity contribution is 5.85. The zero-order valence-corrected chi connectivity index (χ0v) is 14.0. The van der Waals surface area contributed by atoms with Crippen molar-refractivity contribution in [2.24, 2.45) is 28.9 Å². The van der Waals surface area contributed by atoms with Crippen LogP contribution in [-0.4, -0.2) is 17.5 Å². The Balaban J connectivity index is 1.68. The number of carbonyl (C=O) groups excluding carboxylic acids is 1. The van der Waals surface area contributed by atoms with Crippen LogP contribution in [0.3, 0.4) is 0 Å². The van der Waals surface area contributed by atoms with Crippen molar-refractivity contribution in [3.8, 4) is 0 Å². The summed E-state index contributed by atoms with van der Waals surface area (Å²) in [6.45, 7) is 6.19. The van der Waals surface area contributed by atoms with E-state index in [0.717, 1.165) is 30.6 Å². The lowest BCUT2D eigenvalue weighted by atomic mass is 9.48. The maximum Gasteiger partial charge on any atom is 0.240 e. The van der Waals surface area contributed by atoms with Crippen LogP contribution in [0.1, 0.15) is 72.1 Å². The van der Waals surface area contributed by atoms with Gasteiger partial charge in [-0.1, -0.05) is 13.3 Å². The van der Waals surface area contributed by atoms with E-state index in [-0.39, 0.29) is 11.9 Å². The molecular formula is C18H32N2O. The second kappa shape index (κ2) is 5.26. The van der Waals surface area contributed by atoms with Crippen LogP contribution in [0.2, 0.25) is 0 Å². The molecule has 0 aromatic rings. The topological polar surface area (TPSA) is 55.1 Å². The summed E-state index contributed by atoms with van der Waals surface area (Å²) in [6, 6.07) is 0.276. The maximum atomic E-state index is 12.5. The van der Waals surface area contributed by atoms with Gasteiger partial charge in [-0.2, -0.15) is 0 Å². The highest BCUT2D eigenvalue weighted by Gasteiger charge is 2.53. The van der Waals surface area contributed by atoms with E-state index in [9.17, 15) is 4.79 Å². The van der Waals surface area contributed by atoms with Gasteiger partial charge in [-0.05, 0) is 82.0 Å². The van der Waals surface area contributed by atoms with Crippen molar-refractivity contribution in [3.05, 3.63) is 0 Å². The standard InChI is InChI=1S/C18H32N2O/c1-4-5-17(3,19)16(21)20-12(2)18-9-13-6-14(10-18)8-15(7-13)11-18/h12-15H,4-11,19H2,1-3H3,(H,20,21). The first-order valence-corrected chi connectivity index (χ1v) is 8.94. The zero-order valence-electron chi connectivity index (χ0n) is 14.0. The van der Waals surface area contributed by atoms with Gasteiger partial charge in [0.2, 0.25) is 5.91 Å². The van der Waals surface area contributed by atoms with E-state index in [1.54, 1.807) is 0 Å². The van der Waals surface area contributed by atoms with Gasteiger partial charge in [0.1, 0.15) is 0 Å². The highest BCUT2D eigenvalue weighted by Crippen LogP contribution is 2.61. The minimum Gasteiger partial charge on any atom is -0.352 e. The number of amides is 1. The molecular weight excluding hydrogens is 260 g/mol. The molecule has 0 spiro atoms. The fraction of sp³-hybridized carbons (Fsp3) is 0.944. The summed E-state index contributed by atoms with van der Waals surface area (Å²) in [5.74, 6) is 2.83. The third kappa shape index (κ3) is 2.74. The fourth-order valence-corrected chi connectivity index (χ4v) is 5.86. The van der Waals surface area contributed by atoms with Crippen molar-refractivity contribution in [3.63, 3.8) is 0 Å². The summed E-state index contributed by atoms with van der Waals surface area (Å²) in [7, 11) is 0. The molecule has 2 unspecified atom stereocenters. The Morgan fingerprint density at radius 1 is 1.24 bits per heavy atom. The van der Waals surface area contributed by atoms with Gasteiger partial charge in [0.15, 0.2) is 0 Å². The van der Waals surface area contributed by atoms with Crippen molar-refractivity contribution in [1.29, 1.82) is 0 Å². The van der Waals surface area contributed by atoms with Gasteiger partial charge < -0.3 is 11.1 Å². The van der Waals surface area contributed by atoms with Gasteiger partial charge >= 0.3 is 0 Å². The van der Waals surface area contributed by atoms with E-state index in [2.05, 4.69) is 19.2 Å². The van der Waals surface area contributed by atoms with E-state index in [1.807, 2.05) is 6.92 Å². The summed E-state index contributed by atoms with van der Waals surface area (Å²) in [5, 5.41) is 3.30. The Labute approximate surface area is 129 Å². The van der Waals surface area contributed by atoms with E-state index in [1.165, 1.54) is 38.5 Å². The quantitative estimate of drug-likeness (QED) is 0.817. The van der Waals surface area contributed by atoms with Gasteiger partial charge in [0.25, 0.3) is 0 Å². The minimum absolute atomic E-state index is 0.0487. The second-order valence-corrected chi connectivity index (χ2v) is 8.64. The zero-order chi connectivity index (χ0) is 15.3. The first-order chi connectivity index (χ1) is 9.84. The monoisotopic (exact) mass is 292 g/mol. The van der Waals surface area contributed by atoms with Crippen LogP contribution in [0.15, 0.2) is 0 Å². The van der Waals surface area contributed by atoms with Crippen LogP contribution in [0.25, 0.3) is 0 Å². The molecule has 3 nitrogen and oxygen atoms in total. The van der Waals surface area contributed by atoms with Crippen LogP contribution in [0, 0.1) is 23.2 Å². The molecule has 2 atom stereocenters. The largest absolute Gasteiger partial charge is 0.352 e. The average Bonchev–Trinajstić information content (AvgIpc) is 2.36. The van der Waals surface area contributed by atoms with Crippen LogP contribution < -0.4 is 11.1 Å². The molecule has 4 aliphatic rings. The number of carbonyl (C=O) groups is 1. The van der Waals surface area contributed by atoms with Crippen molar-refractivity contribution in [1.82, 2.24) is 5.32 Å². The molecule has 0 aromatic carbocycles. The first-order valence-electron chi connectivity index (χ1n) is 8.94. The number of nitrogens with one attached hydrogen (secondary N) is 1. The summed E-state index contributed by atoms with van der Waals surface area (Å²) in [6.07, 6.45) is 10.0. The molecule has 0 aliphatic heterocycles. The predicted molar refractivity (Wildman–Crippen MR) is 85.7 cm³/mol. The SMILES string of the molecule is CCCC(C)(N)C(=O)NC(C)C12CC3CC(CC(C3)C1)C2. The molecule has 21 heavy (non-hydrogen) atoms. The normalized spacial score (nSPS) is 41.6. The highest BCUT2D eigenvalue weighted by atomic mass is 16.2. The molecule has 3 N–H and O–H groups in total. The van der Waals surface area contributed by atoms with E-state index in [0.29, 0.717) is 5.41 Å². The average molecular weight is 292 g/mol. The van der Waals surface area contributed by atoms with Crippen LogP contribution >= 0.6 is 0 Å². The summed E-state index contributed by atoms with van der Waals surface area (Å²) in [5.41, 5.74) is 5.85. The van der Waals surface area contributed by atoms with E-state index in [4.69, 9.17) is 5.73 Å². The number of nitrogens with two attached hydrogens (primary N) is 1. The van der Waals surface area contributed by atoms with Crippen molar-refractivity contribution in [2.75, 3.05) is 0 Å². The Hall–Kier alpha value is -0.570. The van der Waals surface area contributed by atoms with Crippen LogP contribution in [0.4, 0.5) is 0 Å². The second-order valence-electron chi connectivity index (χ2n) is 8.64. The Kier molecular flexibility index (Phi) is 3.84. The molecule has 0 saturated heterocycles. The molecule has 0 heterocycles. The molecule has 3 heteroatoms. The summed E-state index contributed by atoms with van der Waals surface area (Å²) in [4.78, 5) is 12.5.